The lowest BCUT2D eigenvalue weighted by Gasteiger charge is -2.33. The van der Waals surface area contributed by atoms with Crippen molar-refractivity contribution in [3.05, 3.63) is 62.6 Å². The first-order valence-corrected chi connectivity index (χ1v) is 12.6. The summed E-state index contributed by atoms with van der Waals surface area (Å²) < 4.78 is 40.2. The SMILES string of the molecule is CCCCN(CC)c1cc2c(cc1C(C)N(Cc1cc(Br)cc(C(F)(F)F)c1)C(=O)O)CCC2. The summed E-state index contributed by atoms with van der Waals surface area (Å²) in [5.41, 5.74) is 3.98. The van der Waals surface area contributed by atoms with Crippen LogP contribution in [0, 0.1) is 0 Å². The molecule has 1 N–H and O–H groups in total. The average Bonchev–Trinajstić information content (AvgIpc) is 3.23. The Bertz CT molecular complexity index is 1030. The van der Waals surface area contributed by atoms with E-state index in [-0.39, 0.29) is 16.6 Å². The molecule has 0 spiro atoms. The number of nitrogens with zero attached hydrogens (tertiary/aromatic N) is 2. The Morgan fingerprint density at radius 3 is 2.38 bits per heavy atom. The van der Waals surface area contributed by atoms with E-state index >= 15 is 0 Å². The van der Waals surface area contributed by atoms with E-state index < -0.39 is 23.9 Å². The van der Waals surface area contributed by atoms with Crippen LogP contribution in [0.1, 0.15) is 73.9 Å². The number of carboxylic acid groups (broad SMARTS) is 1. The Labute approximate surface area is 207 Å². The first kappa shape index (κ1) is 26.4. The van der Waals surface area contributed by atoms with Crippen LogP contribution in [0.25, 0.3) is 0 Å². The van der Waals surface area contributed by atoms with Gasteiger partial charge in [-0.15, -0.1) is 0 Å². The van der Waals surface area contributed by atoms with Gasteiger partial charge in [0.2, 0.25) is 0 Å². The van der Waals surface area contributed by atoms with Gasteiger partial charge in [0.15, 0.2) is 0 Å². The van der Waals surface area contributed by atoms with Gasteiger partial charge in [-0.1, -0.05) is 35.3 Å². The minimum Gasteiger partial charge on any atom is -0.465 e. The number of aryl methyl sites for hydroxylation is 2. The third-order valence-corrected chi connectivity index (χ3v) is 7.00. The summed E-state index contributed by atoms with van der Waals surface area (Å²) >= 11 is 3.14. The van der Waals surface area contributed by atoms with Crippen molar-refractivity contribution in [2.24, 2.45) is 0 Å². The Kier molecular flexibility index (Phi) is 8.55. The molecule has 0 radical (unpaired) electrons. The van der Waals surface area contributed by atoms with E-state index in [0.717, 1.165) is 68.6 Å². The standard InChI is InChI=1S/C26H32BrF3N2O2/c1-4-6-10-31(5-2)24-14-20-9-7-8-19(20)13-23(24)17(3)32(25(33)34)16-18-11-21(26(28,29)30)15-22(27)12-18/h11-15,17H,4-10,16H2,1-3H3,(H,33,34). The lowest BCUT2D eigenvalue weighted by molar-refractivity contribution is -0.137. The molecular weight excluding hydrogens is 509 g/mol. The molecule has 4 nitrogen and oxygen atoms in total. The van der Waals surface area contributed by atoms with E-state index in [1.807, 2.05) is 6.92 Å². The van der Waals surface area contributed by atoms with Crippen LogP contribution in [0.5, 0.6) is 0 Å². The zero-order chi connectivity index (χ0) is 25.0. The van der Waals surface area contributed by atoms with Gasteiger partial charge in [-0.3, -0.25) is 4.90 Å². The molecule has 1 atom stereocenters. The van der Waals surface area contributed by atoms with E-state index in [1.165, 1.54) is 16.0 Å². The lowest BCUT2D eigenvalue weighted by Crippen LogP contribution is -2.34. The quantitative estimate of drug-likeness (QED) is 0.352. The normalized spacial score (nSPS) is 14.1. The van der Waals surface area contributed by atoms with Crippen LogP contribution in [0.3, 0.4) is 0 Å². The van der Waals surface area contributed by atoms with Crippen molar-refractivity contribution in [1.29, 1.82) is 0 Å². The van der Waals surface area contributed by atoms with Crippen LogP contribution in [0.2, 0.25) is 0 Å². The molecular formula is C26H32BrF3N2O2. The van der Waals surface area contributed by atoms with Crippen LogP contribution in [-0.2, 0) is 25.6 Å². The molecule has 0 bridgehead atoms. The predicted octanol–water partition coefficient (Wildman–Crippen LogP) is 7.82. The topological polar surface area (TPSA) is 43.8 Å². The molecule has 2 aromatic rings. The molecule has 3 rings (SSSR count). The molecule has 0 aliphatic heterocycles. The molecule has 1 unspecified atom stereocenters. The van der Waals surface area contributed by atoms with Crippen LogP contribution >= 0.6 is 15.9 Å². The Morgan fingerprint density at radius 1 is 1.12 bits per heavy atom. The van der Waals surface area contributed by atoms with Crippen molar-refractivity contribution in [2.75, 3.05) is 18.0 Å². The number of hydrogen-bond acceptors (Lipinski definition) is 2. The van der Waals surface area contributed by atoms with E-state index in [2.05, 4.69) is 46.8 Å². The highest BCUT2D eigenvalue weighted by Gasteiger charge is 2.32. The summed E-state index contributed by atoms with van der Waals surface area (Å²) in [5.74, 6) is 0. The van der Waals surface area contributed by atoms with Crippen LogP contribution in [0.15, 0.2) is 34.8 Å². The van der Waals surface area contributed by atoms with Gasteiger partial charge in [0.1, 0.15) is 0 Å². The van der Waals surface area contributed by atoms with Crippen molar-refractivity contribution in [3.63, 3.8) is 0 Å². The van der Waals surface area contributed by atoms with Gasteiger partial charge < -0.3 is 10.0 Å². The first-order valence-electron chi connectivity index (χ1n) is 11.8. The molecule has 186 valence electrons. The molecule has 34 heavy (non-hydrogen) atoms. The molecule has 1 amide bonds. The molecule has 1 aliphatic carbocycles. The molecule has 2 aromatic carbocycles. The van der Waals surface area contributed by atoms with Crippen molar-refractivity contribution in [1.82, 2.24) is 4.90 Å². The Hall–Kier alpha value is -2.22. The molecule has 0 saturated heterocycles. The molecule has 0 fully saturated rings. The highest BCUT2D eigenvalue weighted by atomic mass is 79.9. The van der Waals surface area contributed by atoms with E-state index in [1.54, 1.807) is 6.07 Å². The number of amides is 1. The minimum absolute atomic E-state index is 0.142. The summed E-state index contributed by atoms with van der Waals surface area (Å²) in [4.78, 5) is 15.8. The number of anilines is 1. The third kappa shape index (κ3) is 6.06. The second-order valence-electron chi connectivity index (χ2n) is 8.90. The van der Waals surface area contributed by atoms with Gasteiger partial charge in [0, 0.05) is 29.8 Å². The fraction of sp³-hybridized carbons (Fsp3) is 0.500. The number of carbonyl (C=O) groups is 1. The number of hydrogen-bond donors (Lipinski definition) is 1. The number of unbranched alkanes of at least 4 members (excludes halogenated alkanes) is 1. The summed E-state index contributed by atoms with van der Waals surface area (Å²) in [7, 11) is 0. The summed E-state index contributed by atoms with van der Waals surface area (Å²) in [5, 5.41) is 10.1. The summed E-state index contributed by atoms with van der Waals surface area (Å²) in [6, 6.07) is 7.37. The maximum atomic E-state index is 13.3. The number of fused-ring (bicyclic) bond motifs is 1. The molecule has 0 heterocycles. The Morgan fingerprint density at radius 2 is 1.79 bits per heavy atom. The van der Waals surface area contributed by atoms with Gasteiger partial charge in [0.05, 0.1) is 11.6 Å². The number of rotatable bonds is 9. The van der Waals surface area contributed by atoms with Crippen molar-refractivity contribution in [2.45, 2.75) is 71.6 Å². The van der Waals surface area contributed by atoms with Gasteiger partial charge in [-0.2, -0.15) is 13.2 Å². The smallest absolute Gasteiger partial charge is 0.416 e. The highest BCUT2D eigenvalue weighted by Crippen LogP contribution is 2.38. The molecule has 0 aromatic heterocycles. The minimum atomic E-state index is -4.51. The second-order valence-corrected chi connectivity index (χ2v) is 9.81. The van der Waals surface area contributed by atoms with Gasteiger partial charge in [0.25, 0.3) is 0 Å². The van der Waals surface area contributed by atoms with Crippen LogP contribution in [-0.4, -0.2) is 29.2 Å². The maximum Gasteiger partial charge on any atom is 0.416 e. The van der Waals surface area contributed by atoms with E-state index in [4.69, 9.17) is 0 Å². The number of benzene rings is 2. The van der Waals surface area contributed by atoms with Crippen molar-refractivity contribution < 1.29 is 23.1 Å². The Balaban J connectivity index is 2.01. The number of halogens is 4. The van der Waals surface area contributed by atoms with Gasteiger partial charge in [-0.05, 0) is 86.1 Å². The maximum absolute atomic E-state index is 13.3. The van der Waals surface area contributed by atoms with Crippen molar-refractivity contribution >= 4 is 27.7 Å². The second kappa shape index (κ2) is 11.0. The zero-order valence-electron chi connectivity index (χ0n) is 19.9. The third-order valence-electron chi connectivity index (χ3n) is 6.55. The van der Waals surface area contributed by atoms with E-state index in [0.29, 0.717) is 0 Å². The highest BCUT2D eigenvalue weighted by molar-refractivity contribution is 9.10. The summed E-state index contributed by atoms with van der Waals surface area (Å²) in [6.07, 6.45) is -0.532. The number of alkyl halides is 3. The first-order chi connectivity index (χ1) is 16.0. The average molecular weight is 541 g/mol. The van der Waals surface area contributed by atoms with Gasteiger partial charge in [-0.25, -0.2) is 4.79 Å². The molecule has 8 heteroatoms. The van der Waals surface area contributed by atoms with Gasteiger partial charge >= 0.3 is 12.3 Å². The lowest BCUT2D eigenvalue weighted by atomic mass is 9.97. The summed E-state index contributed by atoms with van der Waals surface area (Å²) in [6.45, 7) is 7.58. The fourth-order valence-electron chi connectivity index (χ4n) is 4.68. The van der Waals surface area contributed by atoms with Crippen LogP contribution in [0.4, 0.5) is 23.7 Å². The largest absolute Gasteiger partial charge is 0.465 e. The molecule has 0 saturated carbocycles. The fourth-order valence-corrected chi connectivity index (χ4v) is 5.22. The predicted molar refractivity (Wildman–Crippen MR) is 132 cm³/mol. The van der Waals surface area contributed by atoms with E-state index in [9.17, 15) is 23.1 Å². The zero-order valence-corrected chi connectivity index (χ0v) is 21.5. The monoisotopic (exact) mass is 540 g/mol. The molecule has 1 aliphatic rings. The van der Waals surface area contributed by atoms with Crippen molar-refractivity contribution in [3.8, 4) is 0 Å². The van der Waals surface area contributed by atoms with Crippen LogP contribution < -0.4 is 4.90 Å².